The molecule has 3 aliphatic rings. The number of hydrogen-bond acceptors (Lipinski definition) is 7. The number of esters is 1. The molecule has 2 fully saturated rings. The van der Waals surface area contributed by atoms with Crippen molar-refractivity contribution in [2.75, 3.05) is 26.3 Å². The first-order chi connectivity index (χ1) is 13.6. The minimum Gasteiger partial charge on any atom is -0.485 e. The maximum Gasteiger partial charge on any atom is 0.312 e. The van der Waals surface area contributed by atoms with Crippen LogP contribution in [0.1, 0.15) is 28.9 Å². The highest BCUT2D eigenvalue weighted by molar-refractivity contribution is 7.12. The molecule has 0 N–H and O–H groups in total. The highest BCUT2D eigenvalue weighted by Gasteiger charge is 2.51. The van der Waals surface area contributed by atoms with Gasteiger partial charge in [-0.1, -0.05) is 0 Å². The predicted octanol–water partition coefficient (Wildman–Crippen LogP) is 1.95. The van der Waals surface area contributed by atoms with E-state index in [2.05, 4.69) is 4.98 Å². The van der Waals surface area contributed by atoms with Gasteiger partial charge in [0.25, 0.3) is 5.91 Å². The van der Waals surface area contributed by atoms with Gasteiger partial charge in [-0.3, -0.25) is 9.59 Å². The van der Waals surface area contributed by atoms with Crippen LogP contribution in [0.15, 0.2) is 24.1 Å². The second-order valence-corrected chi connectivity index (χ2v) is 8.40. The summed E-state index contributed by atoms with van der Waals surface area (Å²) in [6, 6.07) is 0. The lowest BCUT2D eigenvalue weighted by Crippen LogP contribution is -2.45. The van der Waals surface area contributed by atoms with Crippen molar-refractivity contribution in [2.45, 2.75) is 31.9 Å². The summed E-state index contributed by atoms with van der Waals surface area (Å²) in [5.41, 5.74) is -0.476. The van der Waals surface area contributed by atoms with Crippen molar-refractivity contribution in [1.29, 1.82) is 0 Å². The summed E-state index contributed by atoms with van der Waals surface area (Å²) in [6.45, 7) is 2.66. The van der Waals surface area contributed by atoms with E-state index in [0.29, 0.717) is 68.5 Å². The second-order valence-electron chi connectivity index (χ2n) is 7.52. The number of thiophene rings is 1. The van der Waals surface area contributed by atoms with Crippen molar-refractivity contribution in [3.8, 4) is 11.5 Å². The number of amides is 1. The Bertz CT molecular complexity index is 886. The van der Waals surface area contributed by atoms with E-state index in [4.69, 9.17) is 14.2 Å². The van der Waals surface area contributed by atoms with Gasteiger partial charge in [0.15, 0.2) is 11.5 Å². The minimum absolute atomic E-state index is 0.0482. The van der Waals surface area contributed by atoms with Crippen LogP contribution in [0.25, 0.3) is 0 Å². The highest BCUT2D eigenvalue weighted by atomic mass is 32.1. The third-order valence-electron chi connectivity index (χ3n) is 5.80. The van der Waals surface area contributed by atoms with Gasteiger partial charge in [0.1, 0.15) is 24.2 Å². The lowest BCUT2D eigenvalue weighted by atomic mass is 9.76. The van der Waals surface area contributed by atoms with Gasteiger partial charge < -0.3 is 23.7 Å². The Labute approximate surface area is 166 Å². The summed E-state index contributed by atoms with van der Waals surface area (Å²) in [5, 5.41) is 1.82. The molecule has 148 valence electrons. The van der Waals surface area contributed by atoms with Crippen molar-refractivity contribution in [2.24, 2.45) is 5.41 Å². The first-order valence-electron chi connectivity index (χ1n) is 9.48. The Morgan fingerprint density at radius 1 is 1.29 bits per heavy atom. The molecular weight excluding hydrogens is 382 g/mol. The number of imidazole rings is 1. The summed E-state index contributed by atoms with van der Waals surface area (Å²) >= 11 is 1.35. The zero-order valence-corrected chi connectivity index (χ0v) is 16.2. The number of nitrogens with zero attached hydrogens (tertiary/aromatic N) is 3. The van der Waals surface area contributed by atoms with Crippen LogP contribution < -0.4 is 9.47 Å². The predicted molar refractivity (Wildman–Crippen MR) is 99.6 cm³/mol. The lowest BCUT2D eigenvalue weighted by Gasteiger charge is -2.36. The molecule has 0 aliphatic carbocycles. The van der Waals surface area contributed by atoms with E-state index in [-0.39, 0.29) is 18.0 Å². The maximum atomic E-state index is 13.0. The van der Waals surface area contributed by atoms with Crippen LogP contribution in [-0.4, -0.2) is 58.7 Å². The van der Waals surface area contributed by atoms with Crippen LogP contribution in [0.4, 0.5) is 0 Å². The molecule has 9 heteroatoms. The molecule has 0 radical (unpaired) electrons. The molecule has 2 aromatic rings. The fourth-order valence-electron chi connectivity index (χ4n) is 4.27. The van der Waals surface area contributed by atoms with Crippen molar-refractivity contribution in [3.63, 3.8) is 0 Å². The summed E-state index contributed by atoms with van der Waals surface area (Å²) in [6.07, 6.45) is 7.12. The van der Waals surface area contributed by atoms with Crippen LogP contribution in [-0.2, 0) is 16.1 Å². The molecule has 2 aromatic heterocycles. The Hall–Kier alpha value is -2.55. The molecule has 1 amide bonds. The summed E-state index contributed by atoms with van der Waals surface area (Å²) in [4.78, 5) is 32.0. The Morgan fingerprint density at radius 3 is 2.89 bits per heavy atom. The zero-order valence-electron chi connectivity index (χ0n) is 15.3. The Balaban J connectivity index is 1.24. The molecular formula is C19H21N3O5S. The van der Waals surface area contributed by atoms with Gasteiger partial charge in [-0.15, -0.1) is 11.3 Å². The molecule has 0 bridgehead atoms. The fraction of sp³-hybridized carbons (Fsp3) is 0.526. The van der Waals surface area contributed by atoms with Gasteiger partial charge in [0.05, 0.1) is 18.3 Å². The van der Waals surface area contributed by atoms with E-state index < -0.39 is 5.41 Å². The van der Waals surface area contributed by atoms with Gasteiger partial charge in [-0.25, -0.2) is 4.98 Å². The van der Waals surface area contributed by atoms with Crippen LogP contribution >= 0.6 is 11.3 Å². The average Bonchev–Trinajstić information content (AvgIpc) is 3.43. The molecule has 1 spiro atoms. The normalized spacial score (nSPS) is 23.1. The second kappa shape index (κ2) is 6.80. The molecule has 0 aromatic carbocycles. The van der Waals surface area contributed by atoms with Crippen LogP contribution in [0, 0.1) is 5.41 Å². The zero-order chi connectivity index (χ0) is 19.1. The maximum absolute atomic E-state index is 13.0. The summed E-state index contributed by atoms with van der Waals surface area (Å²) in [5.74, 6) is 1.03. The Kier molecular flexibility index (Phi) is 4.26. The topological polar surface area (TPSA) is 82.9 Å². The van der Waals surface area contributed by atoms with Gasteiger partial charge in [-0.05, 0) is 12.8 Å². The fourth-order valence-corrected chi connectivity index (χ4v) is 5.17. The number of carbonyl (C=O) groups is 2. The molecule has 8 nitrogen and oxygen atoms in total. The Morgan fingerprint density at radius 2 is 2.11 bits per heavy atom. The lowest BCUT2D eigenvalue weighted by molar-refractivity contribution is -0.150. The third kappa shape index (κ3) is 2.94. The first kappa shape index (κ1) is 17.5. The van der Waals surface area contributed by atoms with E-state index in [1.165, 1.54) is 11.3 Å². The van der Waals surface area contributed by atoms with Gasteiger partial charge >= 0.3 is 5.97 Å². The van der Waals surface area contributed by atoms with E-state index in [1.807, 2.05) is 21.0 Å². The van der Waals surface area contributed by atoms with Crippen LogP contribution in [0.5, 0.6) is 11.5 Å². The standard InChI is InChI=1S/C19H21N3O5S/c23-17(16-15-14(11-28-16)25-7-8-26-15)22-4-1-19(2-5-22)9-13(27-18(19)24)10-21-6-3-20-12-21/h3,6,11-13H,1-2,4-5,7-10H2. The average molecular weight is 403 g/mol. The number of piperidine rings is 1. The van der Waals surface area contributed by atoms with Gasteiger partial charge in [0.2, 0.25) is 0 Å². The number of rotatable bonds is 3. The van der Waals surface area contributed by atoms with Crippen LogP contribution in [0.2, 0.25) is 0 Å². The van der Waals surface area contributed by atoms with E-state index in [9.17, 15) is 9.59 Å². The molecule has 28 heavy (non-hydrogen) atoms. The molecule has 1 unspecified atom stereocenters. The molecule has 3 aliphatic heterocycles. The SMILES string of the molecule is O=C(c1scc2c1OCCO2)N1CCC2(CC1)CC(Cn1ccnc1)OC2=O. The van der Waals surface area contributed by atoms with Crippen molar-refractivity contribution in [3.05, 3.63) is 29.0 Å². The molecule has 0 saturated carbocycles. The molecule has 2 saturated heterocycles. The van der Waals surface area contributed by atoms with E-state index in [0.717, 1.165) is 0 Å². The third-order valence-corrected chi connectivity index (χ3v) is 6.73. The number of fused-ring (bicyclic) bond motifs is 1. The quantitative estimate of drug-likeness (QED) is 0.729. The van der Waals surface area contributed by atoms with Crippen LogP contribution in [0.3, 0.4) is 0 Å². The monoisotopic (exact) mass is 403 g/mol. The summed E-state index contributed by atoms with van der Waals surface area (Å²) < 4.78 is 18.7. The smallest absolute Gasteiger partial charge is 0.312 e. The number of hydrogen-bond donors (Lipinski definition) is 0. The number of likely N-dealkylation sites (tertiary alicyclic amines) is 1. The summed E-state index contributed by atoms with van der Waals surface area (Å²) in [7, 11) is 0. The van der Waals surface area contributed by atoms with Crippen molar-refractivity contribution in [1.82, 2.24) is 14.5 Å². The largest absolute Gasteiger partial charge is 0.485 e. The number of carbonyl (C=O) groups excluding carboxylic acids is 2. The molecule has 5 heterocycles. The molecule has 1 atom stereocenters. The number of ether oxygens (including phenoxy) is 3. The van der Waals surface area contributed by atoms with Gasteiger partial charge in [0, 0.05) is 37.3 Å². The van der Waals surface area contributed by atoms with E-state index in [1.54, 1.807) is 12.5 Å². The van der Waals surface area contributed by atoms with Crippen molar-refractivity contribution < 1.29 is 23.8 Å². The highest BCUT2D eigenvalue weighted by Crippen LogP contribution is 2.45. The van der Waals surface area contributed by atoms with Crippen molar-refractivity contribution >= 4 is 23.2 Å². The molecule has 5 rings (SSSR count). The number of aromatic nitrogens is 2. The van der Waals surface area contributed by atoms with Gasteiger partial charge in [-0.2, -0.15) is 0 Å². The minimum atomic E-state index is -0.476. The van der Waals surface area contributed by atoms with E-state index >= 15 is 0 Å². The first-order valence-corrected chi connectivity index (χ1v) is 10.4. The number of cyclic esters (lactones) is 1.